The van der Waals surface area contributed by atoms with Crippen molar-refractivity contribution in [2.45, 2.75) is 19.8 Å². The fraction of sp³-hybridized carbons (Fsp3) is 0.375. The van der Waals surface area contributed by atoms with Crippen molar-refractivity contribution in [3.05, 3.63) is 29.8 Å². The van der Waals surface area contributed by atoms with Crippen LogP contribution in [0.2, 0.25) is 0 Å². The first-order chi connectivity index (χ1) is 10.2. The number of amides is 1. The molecule has 0 atom stereocenters. The molecule has 1 amide bonds. The Bertz CT molecular complexity index is 500. The molecule has 0 radical (unpaired) electrons. The summed E-state index contributed by atoms with van der Waals surface area (Å²) in [7, 11) is 0. The highest BCUT2D eigenvalue weighted by molar-refractivity contribution is 7.81. The maximum Gasteiger partial charge on any atom is 0.229 e. The molecule has 0 aromatic heterocycles. The fourth-order valence-electron chi connectivity index (χ4n) is 1.95. The van der Waals surface area contributed by atoms with Gasteiger partial charge in [0.1, 0.15) is 0 Å². The van der Waals surface area contributed by atoms with E-state index in [2.05, 4.69) is 35.0 Å². The lowest BCUT2D eigenvalue weighted by atomic mass is 10.1. The van der Waals surface area contributed by atoms with E-state index in [1.54, 1.807) is 0 Å². The van der Waals surface area contributed by atoms with Gasteiger partial charge in [-0.25, -0.2) is 0 Å². The summed E-state index contributed by atoms with van der Waals surface area (Å²) in [5.74, 6) is 0.216. The number of para-hydroxylation sites is 1. The van der Waals surface area contributed by atoms with Crippen LogP contribution in [0, 0.1) is 0 Å². The molecule has 0 aliphatic carbocycles. The van der Waals surface area contributed by atoms with Crippen LogP contribution in [0.3, 0.4) is 0 Å². The number of benzene rings is 1. The highest BCUT2D eigenvalue weighted by atomic mass is 32.1. The molecule has 0 bridgehead atoms. The molecular formula is C16H23N3OS. The quantitative estimate of drug-likeness (QED) is 0.372. The van der Waals surface area contributed by atoms with E-state index in [1.165, 1.54) is 0 Å². The Morgan fingerprint density at radius 3 is 2.81 bits per heavy atom. The summed E-state index contributed by atoms with van der Waals surface area (Å²) >= 11 is 3.91. The molecule has 1 aromatic rings. The lowest BCUT2D eigenvalue weighted by Gasteiger charge is -2.11. The number of nitrogens with zero attached hydrogens (tertiary/aromatic N) is 1. The van der Waals surface area contributed by atoms with Gasteiger partial charge in [0.2, 0.25) is 5.91 Å². The van der Waals surface area contributed by atoms with Crippen molar-refractivity contribution in [3.63, 3.8) is 0 Å². The average molecular weight is 305 g/mol. The third-order valence-electron chi connectivity index (χ3n) is 2.96. The van der Waals surface area contributed by atoms with Crippen LogP contribution in [-0.2, 0) is 4.79 Å². The first kappa shape index (κ1) is 17.3. The number of anilines is 1. The number of thiol groups is 1. The van der Waals surface area contributed by atoms with Crippen LogP contribution in [0.5, 0.6) is 0 Å². The maximum absolute atomic E-state index is 11.0. The molecule has 21 heavy (non-hydrogen) atoms. The molecule has 1 rings (SSSR count). The molecule has 0 saturated heterocycles. The zero-order valence-corrected chi connectivity index (χ0v) is 13.3. The summed E-state index contributed by atoms with van der Waals surface area (Å²) in [6, 6.07) is 6.02. The molecule has 0 saturated carbocycles. The van der Waals surface area contributed by atoms with E-state index in [4.69, 9.17) is 0 Å². The molecule has 0 heterocycles. The Hall–Kier alpha value is -1.75. The minimum Gasteiger partial charge on any atom is -0.383 e. The summed E-state index contributed by atoms with van der Waals surface area (Å²) in [6.45, 7) is 7.14. The van der Waals surface area contributed by atoms with Gasteiger partial charge in [0, 0.05) is 18.7 Å². The van der Waals surface area contributed by atoms with Crippen molar-refractivity contribution < 1.29 is 4.79 Å². The third-order valence-corrected chi connectivity index (χ3v) is 3.24. The highest BCUT2D eigenvalue weighted by Gasteiger charge is 2.04. The topological polar surface area (TPSA) is 53.5 Å². The Morgan fingerprint density at radius 2 is 2.14 bits per heavy atom. The first-order valence-corrected chi connectivity index (χ1v) is 7.70. The van der Waals surface area contributed by atoms with Crippen LogP contribution in [0.1, 0.15) is 25.3 Å². The van der Waals surface area contributed by atoms with Crippen LogP contribution in [0.15, 0.2) is 29.3 Å². The van der Waals surface area contributed by atoms with Gasteiger partial charge in [-0.15, -0.1) is 0 Å². The van der Waals surface area contributed by atoms with Crippen molar-refractivity contribution in [1.29, 1.82) is 0 Å². The zero-order valence-electron chi connectivity index (χ0n) is 12.4. The predicted molar refractivity (Wildman–Crippen MR) is 94.9 cm³/mol. The second kappa shape index (κ2) is 10.0. The monoisotopic (exact) mass is 305 g/mol. The van der Waals surface area contributed by atoms with E-state index in [1.807, 2.05) is 37.3 Å². The van der Waals surface area contributed by atoms with E-state index < -0.39 is 0 Å². The minimum absolute atomic E-state index is 0.0245. The molecule has 2 N–H and O–H groups in total. The van der Waals surface area contributed by atoms with Crippen LogP contribution >= 0.6 is 12.6 Å². The smallest absolute Gasteiger partial charge is 0.229 e. The van der Waals surface area contributed by atoms with Crippen molar-refractivity contribution in [1.82, 2.24) is 5.32 Å². The normalized spacial score (nSPS) is 10.6. The number of unbranched alkanes of at least 4 members (excludes halogenated alkanes) is 1. The molecule has 0 fully saturated rings. The van der Waals surface area contributed by atoms with Gasteiger partial charge in [-0.05, 0) is 32.5 Å². The molecule has 4 nitrogen and oxygen atoms in total. The number of rotatable bonds is 9. The largest absolute Gasteiger partial charge is 0.383 e. The van der Waals surface area contributed by atoms with Crippen LogP contribution in [0.25, 0.3) is 6.08 Å². The summed E-state index contributed by atoms with van der Waals surface area (Å²) in [6.07, 6.45) is 5.90. The molecule has 0 aliphatic heterocycles. The van der Waals surface area contributed by atoms with Gasteiger partial charge < -0.3 is 10.6 Å². The number of hydrogen-bond acceptors (Lipinski definition) is 4. The van der Waals surface area contributed by atoms with Gasteiger partial charge >= 0.3 is 0 Å². The fourth-order valence-corrected chi connectivity index (χ4v) is 2.06. The molecule has 0 unspecified atom stereocenters. The highest BCUT2D eigenvalue weighted by Crippen LogP contribution is 2.29. The lowest BCUT2D eigenvalue weighted by Crippen LogP contribution is -2.25. The number of carbonyl (C=O) groups is 1. The van der Waals surface area contributed by atoms with E-state index in [-0.39, 0.29) is 11.7 Å². The summed E-state index contributed by atoms with van der Waals surface area (Å²) in [4.78, 5) is 15.1. The van der Waals surface area contributed by atoms with E-state index in [0.29, 0.717) is 6.54 Å². The van der Waals surface area contributed by atoms with Crippen LogP contribution in [-0.4, -0.2) is 31.5 Å². The standard InChI is InChI=1S/C16H23N3OS/c1-3-7-13-8-6-9-14(16(13)17-2)18-10-4-5-11-19-15(20)12-21/h3,6-9,18,21H,2,4-5,10-12H2,1H3,(H,19,20)/b7-3-. The molecular weight excluding hydrogens is 282 g/mol. The minimum atomic E-state index is -0.0245. The van der Waals surface area contributed by atoms with Crippen LogP contribution < -0.4 is 10.6 Å². The number of allylic oxidation sites excluding steroid dienone is 1. The van der Waals surface area contributed by atoms with Crippen molar-refractivity contribution >= 4 is 42.7 Å². The Labute approximate surface area is 132 Å². The molecule has 114 valence electrons. The summed E-state index contributed by atoms with van der Waals surface area (Å²) in [5, 5.41) is 6.17. The number of carbonyl (C=O) groups excluding carboxylic acids is 1. The summed E-state index contributed by atoms with van der Waals surface area (Å²) in [5.41, 5.74) is 2.91. The molecule has 5 heteroatoms. The van der Waals surface area contributed by atoms with Gasteiger partial charge in [-0.3, -0.25) is 9.79 Å². The molecule has 1 aromatic carbocycles. The second-order valence-corrected chi connectivity index (χ2v) is 4.86. The SMILES string of the molecule is C=Nc1c(/C=C\C)cccc1NCCCCNC(=O)CS. The van der Waals surface area contributed by atoms with E-state index >= 15 is 0 Å². The number of hydrogen-bond donors (Lipinski definition) is 3. The van der Waals surface area contributed by atoms with Crippen molar-refractivity contribution in [3.8, 4) is 0 Å². The van der Waals surface area contributed by atoms with E-state index in [9.17, 15) is 4.79 Å². The van der Waals surface area contributed by atoms with Crippen LogP contribution in [0.4, 0.5) is 11.4 Å². The molecule has 0 aliphatic rings. The maximum atomic E-state index is 11.0. The van der Waals surface area contributed by atoms with Gasteiger partial charge in [-0.2, -0.15) is 12.6 Å². The van der Waals surface area contributed by atoms with Gasteiger partial charge in [0.25, 0.3) is 0 Å². The Kier molecular flexibility index (Phi) is 8.28. The van der Waals surface area contributed by atoms with Gasteiger partial charge in [0.15, 0.2) is 0 Å². The number of aliphatic imine (C=N–C) groups is 1. The lowest BCUT2D eigenvalue weighted by molar-refractivity contribution is -0.118. The van der Waals surface area contributed by atoms with Gasteiger partial charge in [-0.1, -0.05) is 24.3 Å². The summed E-state index contributed by atoms with van der Waals surface area (Å²) < 4.78 is 0. The van der Waals surface area contributed by atoms with Crippen molar-refractivity contribution in [2.75, 3.05) is 24.2 Å². The first-order valence-electron chi connectivity index (χ1n) is 7.06. The Balaban J connectivity index is 2.43. The van der Waals surface area contributed by atoms with E-state index in [0.717, 1.165) is 36.3 Å². The third kappa shape index (κ3) is 6.04. The Morgan fingerprint density at radius 1 is 1.38 bits per heavy atom. The predicted octanol–water partition coefficient (Wildman–Crippen LogP) is 3.29. The number of nitrogens with one attached hydrogen (secondary N) is 2. The average Bonchev–Trinajstić information content (AvgIpc) is 2.50. The van der Waals surface area contributed by atoms with Gasteiger partial charge in [0.05, 0.1) is 17.1 Å². The van der Waals surface area contributed by atoms with Crippen molar-refractivity contribution in [2.24, 2.45) is 4.99 Å². The second-order valence-electron chi connectivity index (χ2n) is 4.54. The zero-order chi connectivity index (χ0) is 15.5. The molecule has 0 spiro atoms.